The van der Waals surface area contributed by atoms with Crippen molar-refractivity contribution in [3.05, 3.63) is 23.8 Å². The molecule has 5 rings (SSSR count). The van der Waals surface area contributed by atoms with Gasteiger partial charge in [-0.05, 0) is 75.0 Å². The van der Waals surface area contributed by atoms with Gasteiger partial charge in [0.1, 0.15) is 0 Å². The highest BCUT2D eigenvalue weighted by Crippen LogP contribution is 2.64. The zero-order chi connectivity index (χ0) is 19.6. The van der Waals surface area contributed by atoms with Crippen molar-refractivity contribution in [1.29, 1.82) is 0 Å². The van der Waals surface area contributed by atoms with Gasteiger partial charge in [0.05, 0.1) is 10.3 Å². The first-order valence-electron chi connectivity index (χ1n) is 9.57. The Labute approximate surface area is 166 Å². The van der Waals surface area contributed by atoms with Crippen LogP contribution in [0.2, 0.25) is 0 Å². The van der Waals surface area contributed by atoms with Gasteiger partial charge in [-0.25, -0.2) is 12.7 Å². The minimum absolute atomic E-state index is 0.00122. The molecule has 0 heterocycles. The number of aryl methyl sites for hydroxylation is 1. The second-order valence-electron chi connectivity index (χ2n) is 9.11. The van der Waals surface area contributed by atoms with Crippen LogP contribution in [0.3, 0.4) is 0 Å². The van der Waals surface area contributed by atoms with Crippen molar-refractivity contribution < 1.29 is 13.2 Å². The van der Waals surface area contributed by atoms with E-state index in [1.807, 2.05) is 0 Å². The number of hydrogen-bond donors (Lipinski definition) is 1. The molecule has 5 nitrogen and oxygen atoms in total. The first-order valence-corrected chi connectivity index (χ1v) is 11.4. The minimum Gasteiger partial charge on any atom is -0.326 e. The number of sulfonamides is 1. The predicted octanol–water partition coefficient (Wildman–Crippen LogP) is 3.76. The van der Waals surface area contributed by atoms with Gasteiger partial charge in [0.15, 0.2) is 0 Å². The molecular weight excluding hydrogens is 384 g/mol. The summed E-state index contributed by atoms with van der Waals surface area (Å²) in [5, 5.41) is 3.01. The Bertz CT molecular complexity index is 882. The second kappa shape index (κ2) is 6.19. The van der Waals surface area contributed by atoms with Gasteiger partial charge in [-0.3, -0.25) is 4.79 Å². The lowest BCUT2D eigenvalue weighted by atomic mass is 9.49. The fraction of sp³-hybridized carbons (Fsp3) is 0.650. The molecule has 4 bridgehead atoms. The molecule has 0 aromatic heterocycles. The Morgan fingerprint density at radius 2 is 1.81 bits per heavy atom. The molecule has 4 saturated carbocycles. The minimum atomic E-state index is -3.56. The average molecular weight is 411 g/mol. The van der Waals surface area contributed by atoms with E-state index in [-0.39, 0.29) is 15.7 Å². The van der Waals surface area contributed by atoms with E-state index in [2.05, 4.69) is 5.32 Å². The van der Waals surface area contributed by atoms with Gasteiger partial charge in [0, 0.05) is 24.7 Å². The third-order valence-corrected chi connectivity index (χ3v) is 9.08. The topological polar surface area (TPSA) is 66.5 Å². The molecule has 4 atom stereocenters. The van der Waals surface area contributed by atoms with E-state index in [9.17, 15) is 13.2 Å². The predicted molar refractivity (Wildman–Crippen MR) is 106 cm³/mol. The Kier molecular flexibility index (Phi) is 4.41. The quantitative estimate of drug-likeness (QED) is 0.768. The largest absolute Gasteiger partial charge is 0.326 e. The van der Waals surface area contributed by atoms with Crippen molar-refractivity contribution >= 4 is 33.2 Å². The van der Waals surface area contributed by atoms with Crippen molar-refractivity contribution in [2.24, 2.45) is 17.3 Å². The maximum absolute atomic E-state index is 13.3. The molecule has 27 heavy (non-hydrogen) atoms. The maximum atomic E-state index is 13.3. The molecule has 4 aliphatic rings. The molecule has 4 aliphatic carbocycles. The number of alkyl halides is 1. The summed E-state index contributed by atoms with van der Waals surface area (Å²) in [5.74, 6) is 1.08. The summed E-state index contributed by atoms with van der Waals surface area (Å²) in [6.07, 6.45) is 5.77. The number of halogens is 1. The lowest BCUT2D eigenvalue weighted by Gasteiger charge is -2.59. The van der Waals surface area contributed by atoms with Gasteiger partial charge >= 0.3 is 0 Å². The number of amides is 1. The van der Waals surface area contributed by atoms with E-state index >= 15 is 0 Å². The molecule has 0 radical (unpaired) electrons. The zero-order valence-corrected chi connectivity index (χ0v) is 17.7. The van der Waals surface area contributed by atoms with Crippen molar-refractivity contribution in [1.82, 2.24) is 4.31 Å². The van der Waals surface area contributed by atoms with Crippen LogP contribution in [0.4, 0.5) is 5.69 Å². The fourth-order valence-electron chi connectivity index (χ4n) is 5.83. The van der Waals surface area contributed by atoms with E-state index < -0.39 is 15.4 Å². The fourth-order valence-corrected chi connectivity index (χ4v) is 7.67. The van der Waals surface area contributed by atoms with Crippen LogP contribution in [0.15, 0.2) is 23.1 Å². The van der Waals surface area contributed by atoms with E-state index in [1.54, 1.807) is 25.1 Å². The summed E-state index contributed by atoms with van der Waals surface area (Å²) in [4.78, 5) is 13.3. The molecule has 0 saturated heterocycles. The molecule has 1 N–H and O–H groups in total. The number of nitrogens with zero attached hydrogens (tertiary/aromatic N) is 1. The molecule has 1 aromatic rings. The summed E-state index contributed by atoms with van der Waals surface area (Å²) >= 11 is 6.84. The lowest BCUT2D eigenvalue weighted by Crippen LogP contribution is -2.57. The van der Waals surface area contributed by atoms with Crippen LogP contribution in [-0.4, -0.2) is 37.6 Å². The first kappa shape index (κ1) is 19.2. The van der Waals surface area contributed by atoms with Crippen LogP contribution >= 0.6 is 11.6 Å². The van der Waals surface area contributed by atoms with Crippen molar-refractivity contribution in [2.45, 2.75) is 55.2 Å². The number of nitrogens with one attached hydrogen (secondary N) is 1. The molecule has 1 amide bonds. The van der Waals surface area contributed by atoms with Gasteiger partial charge in [-0.1, -0.05) is 6.07 Å². The highest BCUT2D eigenvalue weighted by molar-refractivity contribution is 7.89. The molecule has 0 spiro atoms. The van der Waals surface area contributed by atoms with Gasteiger partial charge < -0.3 is 5.32 Å². The molecule has 2 unspecified atom stereocenters. The van der Waals surface area contributed by atoms with E-state index in [0.29, 0.717) is 23.1 Å². The van der Waals surface area contributed by atoms with Crippen LogP contribution in [0.1, 0.15) is 44.1 Å². The summed E-state index contributed by atoms with van der Waals surface area (Å²) in [5.41, 5.74) is 0.790. The van der Waals surface area contributed by atoms with Crippen LogP contribution < -0.4 is 5.32 Å². The third kappa shape index (κ3) is 3.19. The molecule has 148 valence electrons. The molecule has 1 aromatic carbocycles. The van der Waals surface area contributed by atoms with E-state index in [0.717, 1.165) is 32.1 Å². The summed E-state index contributed by atoms with van der Waals surface area (Å²) in [6.45, 7) is 1.76. The number of rotatable bonds is 4. The molecule has 0 aliphatic heterocycles. The van der Waals surface area contributed by atoms with Crippen molar-refractivity contribution in [2.75, 3.05) is 19.4 Å². The maximum Gasteiger partial charge on any atom is 0.242 e. The highest BCUT2D eigenvalue weighted by atomic mass is 35.5. The zero-order valence-electron chi connectivity index (χ0n) is 16.1. The number of carbonyl (C=O) groups is 1. The monoisotopic (exact) mass is 410 g/mol. The van der Waals surface area contributed by atoms with Gasteiger partial charge in [-0.2, -0.15) is 0 Å². The Balaban J connectivity index is 1.61. The van der Waals surface area contributed by atoms with E-state index in [4.69, 9.17) is 11.6 Å². The highest BCUT2D eigenvalue weighted by Gasteiger charge is 2.60. The summed E-state index contributed by atoms with van der Waals surface area (Å²) in [7, 11) is -0.541. The third-order valence-electron chi connectivity index (χ3n) is 6.68. The Hall–Kier alpha value is -1.11. The van der Waals surface area contributed by atoms with Gasteiger partial charge in [0.25, 0.3) is 0 Å². The van der Waals surface area contributed by atoms with Crippen molar-refractivity contribution in [3.8, 4) is 0 Å². The summed E-state index contributed by atoms with van der Waals surface area (Å²) < 4.78 is 26.3. The second-order valence-corrected chi connectivity index (χ2v) is 12.0. The Morgan fingerprint density at radius 3 is 2.37 bits per heavy atom. The van der Waals surface area contributed by atoms with Crippen molar-refractivity contribution in [3.63, 3.8) is 0 Å². The van der Waals surface area contributed by atoms with Crippen LogP contribution in [0.25, 0.3) is 0 Å². The van der Waals surface area contributed by atoms with Gasteiger partial charge in [-0.15, -0.1) is 11.6 Å². The number of carbonyl (C=O) groups excluding carboxylic acids is 1. The molecule has 7 heteroatoms. The summed E-state index contributed by atoms with van der Waals surface area (Å²) in [6, 6.07) is 5.09. The normalized spacial score (nSPS) is 34.9. The Morgan fingerprint density at radius 1 is 1.19 bits per heavy atom. The molecule has 4 fully saturated rings. The van der Waals surface area contributed by atoms with Crippen LogP contribution in [-0.2, 0) is 14.8 Å². The number of hydrogen-bond acceptors (Lipinski definition) is 3. The number of benzene rings is 1. The lowest BCUT2D eigenvalue weighted by molar-refractivity contribution is -0.138. The first-order chi connectivity index (χ1) is 12.5. The number of anilines is 1. The van der Waals surface area contributed by atoms with Crippen LogP contribution in [0, 0.1) is 24.2 Å². The van der Waals surface area contributed by atoms with Crippen LogP contribution in [0.5, 0.6) is 0 Å². The van der Waals surface area contributed by atoms with Gasteiger partial charge in [0.2, 0.25) is 15.9 Å². The SMILES string of the molecule is Cc1ccc(NC(=O)C23C[C@@H]4C[C@@H](CC(Cl)(C4)C2)C3)cc1S(=O)(=O)N(C)C. The molecular formula is C20H27ClN2O3S. The smallest absolute Gasteiger partial charge is 0.242 e. The average Bonchev–Trinajstić information content (AvgIpc) is 2.54. The standard InChI is InChI=1S/C20H27ClN2O3S/c1-13-4-5-16(7-17(13)27(25,26)23(2)3)22-18(24)19-8-14-6-15(9-19)11-20(21,10-14)12-19/h4-5,7,14-15H,6,8-12H2,1-3H3,(H,22,24)/t14-,15+,19?,20?. The van der Waals surface area contributed by atoms with E-state index in [1.165, 1.54) is 24.8 Å².